The molecule has 2 aromatic heterocycles. The molecular weight excluding hydrogens is 335 g/mol. The third-order valence-electron chi connectivity index (χ3n) is 4.61. The van der Waals surface area contributed by atoms with Gasteiger partial charge in [0.1, 0.15) is 11.9 Å². The molecule has 2 aliphatic heterocycles. The zero-order valence-electron chi connectivity index (χ0n) is 14.3. The quantitative estimate of drug-likeness (QED) is 0.773. The number of aromatic nitrogens is 3. The van der Waals surface area contributed by atoms with Gasteiger partial charge in [0.2, 0.25) is 5.95 Å². The van der Waals surface area contributed by atoms with Gasteiger partial charge in [-0.15, -0.1) is 0 Å². The van der Waals surface area contributed by atoms with Crippen molar-refractivity contribution < 1.29 is 9.50 Å². The first kappa shape index (κ1) is 16.9. The summed E-state index contributed by atoms with van der Waals surface area (Å²) >= 11 is 0. The Bertz CT molecular complexity index is 827. The van der Waals surface area contributed by atoms with Crippen LogP contribution in [-0.4, -0.2) is 45.9 Å². The zero-order chi connectivity index (χ0) is 17.9. The van der Waals surface area contributed by atoms with Gasteiger partial charge < -0.3 is 20.6 Å². The summed E-state index contributed by atoms with van der Waals surface area (Å²) in [7, 11) is 0. The van der Waals surface area contributed by atoms with Gasteiger partial charge in [-0.1, -0.05) is 6.08 Å². The maximum atomic E-state index is 14.1. The second-order valence-corrected chi connectivity index (χ2v) is 6.46. The lowest BCUT2D eigenvalue weighted by Gasteiger charge is -2.22. The number of nitrogens with zero attached hydrogens (tertiary/aromatic N) is 4. The molecule has 0 radical (unpaired) electrons. The largest absolute Gasteiger partial charge is 0.374 e. The number of nitrogens with one attached hydrogen (secondary N) is 2. The van der Waals surface area contributed by atoms with Crippen molar-refractivity contribution in [2.45, 2.75) is 25.5 Å². The minimum Gasteiger partial charge on any atom is -0.374 e. The standard InChI is InChI=1S/C18H21FN6O/c19-15-11-22-18(24-17(15)12-3-1-5-20-8-12)23-13-7-14(10-21-9-13)25-6-2-4-16(25)26/h3,7,9-11,16,20,26H,1-2,4-6,8H2,(H,22,23,24). The van der Waals surface area contributed by atoms with E-state index in [-0.39, 0.29) is 0 Å². The van der Waals surface area contributed by atoms with Crippen LogP contribution in [0.4, 0.5) is 21.7 Å². The van der Waals surface area contributed by atoms with Gasteiger partial charge in [0.15, 0.2) is 5.82 Å². The lowest BCUT2D eigenvalue weighted by atomic mass is 10.1. The van der Waals surface area contributed by atoms with Crippen LogP contribution in [0.15, 0.2) is 30.7 Å². The Morgan fingerprint density at radius 1 is 1.31 bits per heavy atom. The summed E-state index contributed by atoms with van der Waals surface area (Å²) in [4.78, 5) is 14.5. The zero-order valence-corrected chi connectivity index (χ0v) is 14.3. The van der Waals surface area contributed by atoms with Crippen LogP contribution in [0, 0.1) is 5.82 Å². The minimum atomic E-state index is -0.480. The highest BCUT2D eigenvalue weighted by atomic mass is 19.1. The normalized spacial score (nSPS) is 20.2. The Labute approximate surface area is 151 Å². The second kappa shape index (κ2) is 7.35. The predicted molar refractivity (Wildman–Crippen MR) is 97.6 cm³/mol. The first-order chi connectivity index (χ1) is 12.7. The van der Waals surface area contributed by atoms with Crippen LogP contribution in [0.25, 0.3) is 5.57 Å². The van der Waals surface area contributed by atoms with Crippen molar-refractivity contribution in [3.05, 3.63) is 42.2 Å². The van der Waals surface area contributed by atoms with Crippen molar-refractivity contribution in [2.24, 2.45) is 0 Å². The van der Waals surface area contributed by atoms with E-state index in [1.54, 1.807) is 12.4 Å². The fourth-order valence-corrected chi connectivity index (χ4v) is 3.31. The van der Waals surface area contributed by atoms with Gasteiger partial charge in [-0.3, -0.25) is 4.98 Å². The molecule has 0 bridgehead atoms. The SMILES string of the molecule is OC1CCCN1c1cncc(Nc2ncc(F)c(C3=CCCNC3)n2)c1. The first-order valence-corrected chi connectivity index (χ1v) is 8.80. The summed E-state index contributed by atoms with van der Waals surface area (Å²) in [6.07, 6.45) is 8.63. The molecule has 0 aromatic carbocycles. The van der Waals surface area contributed by atoms with E-state index >= 15 is 0 Å². The number of aliphatic hydroxyl groups is 1. The monoisotopic (exact) mass is 356 g/mol. The van der Waals surface area contributed by atoms with Crippen LogP contribution in [-0.2, 0) is 0 Å². The molecule has 4 heterocycles. The smallest absolute Gasteiger partial charge is 0.227 e. The van der Waals surface area contributed by atoms with Gasteiger partial charge in [-0.05, 0) is 37.4 Å². The van der Waals surface area contributed by atoms with E-state index in [2.05, 4.69) is 25.6 Å². The molecule has 26 heavy (non-hydrogen) atoms. The molecule has 0 saturated carbocycles. The highest BCUT2D eigenvalue weighted by Crippen LogP contribution is 2.27. The van der Waals surface area contributed by atoms with E-state index in [4.69, 9.17) is 0 Å². The number of anilines is 3. The molecule has 4 rings (SSSR count). The Morgan fingerprint density at radius 2 is 2.23 bits per heavy atom. The third-order valence-corrected chi connectivity index (χ3v) is 4.61. The maximum absolute atomic E-state index is 14.1. The van der Waals surface area contributed by atoms with E-state index in [1.165, 1.54) is 6.20 Å². The number of aliphatic hydroxyl groups excluding tert-OH is 1. The summed E-state index contributed by atoms with van der Waals surface area (Å²) < 4.78 is 14.1. The number of rotatable bonds is 4. The van der Waals surface area contributed by atoms with Crippen molar-refractivity contribution in [1.82, 2.24) is 20.3 Å². The minimum absolute atomic E-state index is 0.314. The average molecular weight is 356 g/mol. The molecular formula is C18H21FN6O. The van der Waals surface area contributed by atoms with E-state index in [0.717, 1.165) is 43.6 Å². The van der Waals surface area contributed by atoms with Gasteiger partial charge in [-0.25, -0.2) is 14.4 Å². The topological polar surface area (TPSA) is 86.2 Å². The molecule has 0 amide bonds. The summed E-state index contributed by atoms with van der Waals surface area (Å²) in [5, 5.41) is 16.3. The van der Waals surface area contributed by atoms with Crippen LogP contribution >= 0.6 is 0 Å². The molecule has 1 fully saturated rings. The van der Waals surface area contributed by atoms with E-state index < -0.39 is 12.0 Å². The molecule has 2 aromatic rings. The van der Waals surface area contributed by atoms with Crippen molar-refractivity contribution >= 4 is 22.9 Å². The molecule has 1 atom stereocenters. The van der Waals surface area contributed by atoms with Crippen LogP contribution < -0.4 is 15.5 Å². The molecule has 3 N–H and O–H groups in total. The van der Waals surface area contributed by atoms with Crippen LogP contribution in [0.3, 0.4) is 0 Å². The first-order valence-electron chi connectivity index (χ1n) is 8.80. The fourth-order valence-electron chi connectivity index (χ4n) is 3.31. The highest BCUT2D eigenvalue weighted by Gasteiger charge is 2.22. The van der Waals surface area contributed by atoms with Gasteiger partial charge in [0.25, 0.3) is 0 Å². The summed E-state index contributed by atoms with van der Waals surface area (Å²) in [5.41, 5.74) is 2.68. The van der Waals surface area contributed by atoms with Crippen molar-refractivity contribution in [2.75, 3.05) is 29.9 Å². The van der Waals surface area contributed by atoms with E-state index in [0.29, 0.717) is 23.9 Å². The fraction of sp³-hybridized carbons (Fsp3) is 0.389. The van der Waals surface area contributed by atoms with Crippen molar-refractivity contribution in [3.8, 4) is 0 Å². The number of pyridine rings is 1. The third kappa shape index (κ3) is 3.51. The lowest BCUT2D eigenvalue weighted by Crippen LogP contribution is -2.28. The molecule has 136 valence electrons. The summed E-state index contributed by atoms with van der Waals surface area (Å²) in [6.45, 7) is 2.28. The number of hydrogen-bond donors (Lipinski definition) is 3. The summed E-state index contributed by atoms with van der Waals surface area (Å²) in [6, 6.07) is 1.88. The Balaban J connectivity index is 1.57. The number of hydrogen-bond acceptors (Lipinski definition) is 7. The molecule has 0 aliphatic carbocycles. The van der Waals surface area contributed by atoms with Gasteiger partial charge >= 0.3 is 0 Å². The molecule has 8 heteroatoms. The van der Waals surface area contributed by atoms with Crippen LogP contribution in [0.5, 0.6) is 0 Å². The average Bonchev–Trinajstić information content (AvgIpc) is 3.10. The molecule has 0 spiro atoms. The Morgan fingerprint density at radius 3 is 3.00 bits per heavy atom. The predicted octanol–water partition coefficient (Wildman–Crippen LogP) is 2.05. The maximum Gasteiger partial charge on any atom is 0.227 e. The van der Waals surface area contributed by atoms with Gasteiger partial charge in [-0.2, -0.15) is 0 Å². The van der Waals surface area contributed by atoms with Crippen molar-refractivity contribution in [3.63, 3.8) is 0 Å². The Kier molecular flexibility index (Phi) is 4.77. The lowest BCUT2D eigenvalue weighted by molar-refractivity contribution is 0.185. The second-order valence-electron chi connectivity index (χ2n) is 6.46. The highest BCUT2D eigenvalue weighted by molar-refractivity contribution is 5.67. The van der Waals surface area contributed by atoms with Gasteiger partial charge in [0.05, 0.1) is 30.0 Å². The van der Waals surface area contributed by atoms with Crippen LogP contribution in [0.2, 0.25) is 0 Å². The van der Waals surface area contributed by atoms with Crippen molar-refractivity contribution in [1.29, 1.82) is 0 Å². The molecule has 2 aliphatic rings. The van der Waals surface area contributed by atoms with E-state index in [9.17, 15) is 9.50 Å². The Hall–Kier alpha value is -2.58. The summed E-state index contributed by atoms with van der Waals surface area (Å²) in [5.74, 6) is -0.119. The van der Waals surface area contributed by atoms with Gasteiger partial charge in [0, 0.05) is 13.1 Å². The number of halogens is 1. The molecule has 1 unspecified atom stereocenters. The molecule has 7 nitrogen and oxygen atoms in total. The van der Waals surface area contributed by atoms with Crippen LogP contribution in [0.1, 0.15) is 25.0 Å². The van der Waals surface area contributed by atoms with E-state index in [1.807, 2.05) is 17.0 Å². The molecule has 1 saturated heterocycles.